The van der Waals surface area contributed by atoms with E-state index in [0.717, 1.165) is 41.9 Å². The summed E-state index contributed by atoms with van der Waals surface area (Å²) in [4.78, 5) is 17.8. The lowest BCUT2D eigenvalue weighted by Gasteiger charge is -2.38. The number of methoxy groups -OCH3 is 1. The van der Waals surface area contributed by atoms with Crippen molar-refractivity contribution in [1.29, 1.82) is 0 Å². The molecule has 1 saturated heterocycles. The second-order valence-electron chi connectivity index (χ2n) is 9.78. The number of carbonyl (C=O) groups is 1. The van der Waals surface area contributed by atoms with Gasteiger partial charge in [0, 0.05) is 30.6 Å². The van der Waals surface area contributed by atoms with E-state index in [-0.39, 0.29) is 23.8 Å². The van der Waals surface area contributed by atoms with E-state index in [1.54, 1.807) is 13.3 Å². The van der Waals surface area contributed by atoms with E-state index in [1.165, 1.54) is 12.1 Å². The van der Waals surface area contributed by atoms with Crippen LogP contribution in [0.5, 0.6) is 5.75 Å². The number of hydrogen-bond acceptors (Lipinski definition) is 5. The number of aliphatic hydroxyl groups is 1. The lowest BCUT2D eigenvalue weighted by Crippen LogP contribution is -2.41. The molecular weight excluding hydrogens is 490 g/mol. The molecule has 0 aliphatic carbocycles. The van der Waals surface area contributed by atoms with E-state index in [2.05, 4.69) is 21.7 Å². The van der Waals surface area contributed by atoms with Gasteiger partial charge in [-0.2, -0.15) is 0 Å². The predicted molar refractivity (Wildman–Crippen MR) is 141 cm³/mol. The number of halogens is 2. The van der Waals surface area contributed by atoms with Crippen molar-refractivity contribution in [3.05, 3.63) is 71.4 Å². The maximum absolute atomic E-state index is 13.9. The molecule has 2 N–H and O–H groups in total. The average molecular weight is 523 g/mol. The molecule has 1 aliphatic heterocycles. The van der Waals surface area contributed by atoms with Crippen LogP contribution < -0.4 is 4.74 Å². The van der Waals surface area contributed by atoms with Crippen LogP contribution in [0.15, 0.2) is 48.7 Å². The van der Waals surface area contributed by atoms with Gasteiger partial charge in [0.25, 0.3) is 0 Å². The fraction of sp³-hybridized carbons (Fsp3) is 0.400. The van der Waals surface area contributed by atoms with Gasteiger partial charge in [-0.05, 0) is 86.0 Å². The Morgan fingerprint density at radius 2 is 2.03 bits per heavy atom. The summed E-state index contributed by atoms with van der Waals surface area (Å²) in [6.07, 6.45) is 3.81. The molecule has 1 aromatic heterocycles. The van der Waals surface area contributed by atoms with Crippen LogP contribution in [0.2, 0.25) is 0 Å². The van der Waals surface area contributed by atoms with Gasteiger partial charge in [-0.15, -0.1) is 0 Å². The Morgan fingerprint density at radius 3 is 2.79 bits per heavy atom. The summed E-state index contributed by atoms with van der Waals surface area (Å²) in [5, 5.41) is 21.2. The van der Waals surface area contributed by atoms with Crippen LogP contribution in [0.4, 0.5) is 8.78 Å². The minimum atomic E-state index is -0.829. The number of pyridine rings is 1. The van der Waals surface area contributed by atoms with Gasteiger partial charge in [0.15, 0.2) is 0 Å². The maximum Gasteiger partial charge on any atom is 0.303 e. The summed E-state index contributed by atoms with van der Waals surface area (Å²) in [5.41, 5.74) is 1.74. The minimum Gasteiger partial charge on any atom is -0.497 e. The fourth-order valence-electron chi connectivity index (χ4n) is 5.24. The number of carboxylic acids is 1. The first-order valence-electron chi connectivity index (χ1n) is 12.8. The lowest BCUT2D eigenvalue weighted by atomic mass is 9.79. The van der Waals surface area contributed by atoms with E-state index in [4.69, 9.17) is 4.74 Å². The Hall–Kier alpha value is -3.54. The first-order valence-corrected chi connectivity index (χ1v) is 12.8. The zero-order valence-corrected chi connectivity index (χ0v) is 21.4. The van der Waals surface area contributed by atoms with Crippen molar-refractivity contribution < 1.29 is 28.5 Å². The Morgan fingerprint density at radius 1 is 1.18 bits per heavy atom. The summed E-state index contributed by atoms with van der Waals surface area (Å²) in [5.74, 6) is 4.70. The molecule has 2 heterocycles. The molecule has 0 amide bonds. The normalized spacial score (nSPS) is 18.5. The number of aromatic nitrogens is 1. The number of hydrogen-bond donors (Lipinski definition) is 2. The maximum atomic E-state index is 13.9. The van der Waals surface area contributed by atoms with Crippen molar-refractivity contribution in [2.24, 2.45) is 11.8 Å². The molecule has 38 heavy (non-hydrogen) atoms. The molecule has 2 aromatic carbocycles. The average Bonchev–Trinajstić information content (AvgIpc) is 2.91. The molecule has 0 saturated carbocycles. The highest BCUT2D eigenvalue weighted by molar-refractivity contribution is 5.83. The molecular formula is C30H32F2N2O4. The van der Waals surface area contributed by atoms with Crippen LogP contribution >= 0.6 is 0 Å². The van der Waals surface area contributed by atoms with Crippen molar-refractivity contribution in [2.75, 3.05) is 26.7 Å². The van der Waals surface area contributed by atoms with Gasteiger partial charge in [-0.25, -0.2) is 8.78 Å². The Balaban J connectivity index is 1.40. The van der Waals surface area contributed by atoms with Gasteiger partial charge in [0.1, 0.15) is 17.4 Å². The van der Waals surface area contributed by atoms with Crippen LogP contribution in [0.1, 0.15) is 49.3 Å². The van der Waals surface area contributed by atoms with Crippen LogP contribution in [0.25, 0.3) is 10.9 Å². The Kier molecular flexibility index (Phi) is 9.27. The van der Waals surface area contributed by atoms with Crippen molar-refractivity contribution in [2.45, 2.75) is 38.2 Å². The number of aliphatic hydroxyl groups excluding tert-OH is 1. The molecule has 1 unspecified atom stereocenters. The number of likely N-dealkylation sites (tertiary alicyclic amines) is 1. The van der Waals surface area contributed by atoms with E-state index in [0.29, 0.717) is 31.7 Å². The number of piperidine rings is 1. The molecule has 200 valence electrons. The predicted octanol–water partition coefficient (Wildman–Crippen LogP) is 5.19. The van der Waals surface area contributed by atoms with Gasteiger partial charge >= 0.3 is 5.97 Å². The molecule has 1 fully saturated rings. The smallest absolute Gasteiger partial charge is 0.303 e. The number of fused-ring (bicyclic) bond motifs is 1. The zero-order valence-electron chi connectivity index (χ0n) is 21.4. The number of nitrogens with zero attached hydrogens (tertiary/aromatic N) is 2. The van der Waals surface area contributed by atoms with Crippen molar-refractivity contribution in [3.8, 4) is 17.6 Å². The van der Waals surface area contributed by atoms with Crippen molar-refractivity contribution in [3.63, 3.8) is 0 Å². The summed E-state index contributed by atoms with van der Waals surface area (Å²) in [6, 6.07) is 10.7. The highest BCUT2D eigenvalue weighted by Crippen LogP contribution is 2.35. The number of carboxylic acid groups (broad SMARTS) is 1. The molecule has 0 spiro atoms. The second kappa shape index (κ2) is 12.8. The summed E-state index contributed by atoms with van der Waals surface area (Å²) < 4.78 is 32.3. The third kappa shape index (κ3) is 7.06. The van der Waals surface area contributed by atoms with Gasteiger partial charge in [-0.1, -0.05) is 11.8 Å². The molecule has 8 heteroatoms. The van der Waals surface area contributed by atoms with Crippen LogP contribution in [0.3, 0.4) is 0 Å². The van der Waals surface area contributed by atoms with Crippen molar-refractivity contribution in [1.82, 2.24) is 9.88 Å². The molecule has 1 aliphatic rings. The number of benzene rings is 2. The van der Waals surface area contributed by atoms with E-state index in [9.17, 15) is 23.8 Å². The molecule has 6 nitrogen and oxygen atoms in total. The van der Waals surface area contributed by atoms with E-state index in [1.807, 2.05) is 24.3 Å². The summed E-state index contributed by atoms with van der Waals surface area (Å²) in [6.45, 7) is 1.88. The zero-order chi connectivity index (χ0) is 27.1. The molecule has 4 rings (SSSR count). The quantitative estimate of drug-likeness (QED) is 0.377. The fourth-order valence-corrected chi connectivity index (χ4v) is 5.24. The third-order valence-electron chi connectivity index (χ3n) is 7.31. The third-order valence-corrected chi connectivity index (χ3v) is 7.31. The van der Waals surface area contributed by atoms with Gasteiger partial charge in [-0.3, -0.25) is 14.7 Å². The van der Waals surface area contributed by atoms with Gasteiger partial charge < -0.3 is 14.9 Å². The standard InChI is InChI=1S/C30H32F2N2O4/c1-38-24-8-9-28-26(18-24)25(12-14-33-28)29(35)10-5-20-13-16-34(19-22(20)6-11-30(36)37)15-2-3-21-4-7-23(31)17-27(21)32/h4,7-9,12,14,17-18,20,22,29,35H,5-6,10-11,13,15-16,19H2,1H3,(H,36,37)/t20-,22+,29?/m1/s1. The lowest BCUT2D eigenvalue weighted by molar-refractivity contribution is -0.137. The molecule has 3 aromatic rings. The summed E-state index contributed by atoms with van der Waals surface area (Å²) >= 11 is 0. The van der Waals surface area contributed by atoms with Gasteiger partial charge in [0.05, 0.1) is 30.8 Å². The van der Waals surface area contributed by atoms with Crippen LogP contribution in [0, 0.1) is 35.3 Å². The van der Waals surface area contributed by atoms with E-state index < -0.39 is 23.7 Å². The summed E-state index contributed by atoms with van der Waals surface area (Å²) in [7, 11) is 1.60. The Labute approximate surface area is 221 Å². The van der Waals surface area contributed by atoms with Gasteiger partial charge in [0.2, 0.25) is 0 Å². The molecule has 0 radical (unpaired) electrons. The van der Waals surface area contributed by atoms with E-state index >= 15 is 0 Å². The number of aliphatic carboxylic acids is 1. The monoisotopic (exact) mass is 522 g/mol. The first-order chi connectivity index (χ1) is 18.3. The largest absolute Gasteiger partial charge is 0.497 e. The van der Waals surface area contributed by atoms with Crippen molar-refractivity contribution >= 4 is 16.9 Å². The van der Waals surface area contributed by atoms with Crippen LogP contribution in [-0.4, -0.2) is 52.8 Å². The highest BCUT2D eigenvalue weighted by atomic mass is 19.1. The number of ether oxygens (including phenoxy) is 1. The van der Waals surface area contributed by atoms with Crippen LogP contribution in [-0.2, 0) is 4.79 Å². The highest BCUT2D eigenvalue weighted by Gasteiger charge is 2.30. The molecule has 0 bridgehead atoms. The first kappa shape index (κ1) is 27.5. The number of rotatable bonds is 9. The SMILES string of the molecule is COc1ccc2nccc(C(O)CC[C@@H]3CCN(CC#Cc4ccc(F)cc4F)C[C@@H]3CCC(=O)O)c2c1. The topological polar surface area (TPSA) is 82.9 Å². The minimum absolute atomic E-state index is 0.0822. The Bertz CT molecular complexity index is 1340. The second-order valence-corrected chi connectivity index (χ2v) is 9.78. The molecule has 3 atom stereocenters.